The zero-order chi connectivity index (χ0) is 28.5. The summed E-state index contributed by atoms with van der Waals surface area (Å²) >= 11 is 6.36. The molecular formula is C32H25ClN2O6. The number of hydrogen-bond acceptors (Lipinski definition) is 7. The number of aliphatic hydroxyl groups is 1. The number of likely N-dealkylation sites (N-methyl/N-ethyl adjacent to an activating group) is 1. The van der Waals surface area contributed by atoms with Crippen LogP contribution in [-0.2, 0) is 17.0 Å². The van der Waals surface area contributed by atoms with E-state index < -0.39 is 17.5 Å². The molecule has 0 fully saturated rings. The van der Waals surface area contributed by atoms with Gasteiger partial charge in [-0.1, -0.05) is 23.2 Å². The Morgan fingerprint density at radius 1 is 1.05 bits per heavy atom. The Kier molecular flexibility index (Phi) is 5.81. The first-order chi connectivity index (χ1) is 19.8. The number of rotatable bonds is 4. The average molecular weight is 569 g/mol. The number of carbonyl (C=O) groups is 2. The predicted octanol–water partition coefficient (Wildman–Crippen LogP) is 5.23. The van der Waals surface area contributed by atoms with Gasteiger partial charge in [0.1, 0.15) is 23.9 Å². The molecular weight excluding hydrogens is 544 g/mol. The van der Waals surface area contributed by atoms with Crippen molar-refractivity contribution in [2.24, 2.45) is 0 Å². The molecule has 0 saturated heterocycles. The second-order valence-electron chi connectivity index (χ2n) is 10.4. The summed E-state index contributed by atoms with van der Waals surface area (Å²) in [7, 11) is 0. The molecule has 3 aliphatic heterocycles. The summed E-state index contributed by atoms with van der Waals surface area (Å²) in [6.07, 6.45) is 0.233. The molecule has 1 aromatic heterocycles. The van der Waals surface area contributed by atoms with Crippen molar-refractivity contribution in [1.82, 2.24) is 4.98 Å². The number of pyridine rings is 1. The van der Waals surface area contributed by atoms with E-state index in [1.165, 1.54) is 0 Å². The fourth-order valence-electron chi connectivity index (χ4n) is 5.84. The molecule has 2 atom stereocenters. The van der Waals surface area contributed by atoms with Crippen LogP contribution in [0.2, 0.25) is 5.02 Å². The molecule has 8 nitrogen and oxygen atoms in total. The SMILES string of the molecule is CCN1C(=O)COc2ccc(C(=O)[C@@H]3Oc4ccc(Cl)cc4[C@]3(O)c3cnc4c(c3)COc3ccc(C)cc3-4)cc21. The molecule has 41 heavy (non-hydrogen) atoms. The van der Waals surface area contributed by atoms with E-state index in [1.54, 1.807) is 47.5 Å². The van der Waals surface area contributed by atoms with Crippen molar-refractivity contribution in [3.8, 4) is 28.5 Å². The molecule has 4 heterocycles. The lowest BCUT2D eigenvalue weighted by Gasteiger charge is -2.31. The number of hydrogen-bond donors (Lipinski definition) is 1. The highest BCUT2D eigenvalue weighted by Crippen LogP contribution is 2.49. The summed E-state index contributed by atoms with van der Waals surface area (Å²) in [6.45, 7) is 4.48. The first kappa shape index (κ1) is 25.6. The van der Waals surface area contributed by atoms with Crippen LogP contribution >= 0.6 is 11.6 Å². The van der Waals surface area contributed by atoms with E-state index in [0.29, 0.717) is 39.9 Å². The van der Waals surface area contributed by atoms with Gasteiger partial charge in [0.25, 0.3) is 5.91 Å². The second kappa shape index (κ2) is 9.33. The van der Waals surface area contributed by atoms with E-state index in [1.807, 2.05) is 38.1 Å². The molecule has 3 aliphatic rings. The van der Waals surface area contributed by atoms with Crippen LogP contribution in [0.5, 0.6) is 17.2 Å². The number of nitrogens with zero attached hydrogens (tertiary/aromatic N) is 2. The summed E-state index contributed by atoms with van der Waals surface area (Å²) in [4.78, 5) is 32.9. The van der Waals surface area contributed by atoms with Crippen molar-refractivity contribution in [3.05, 3.63) is 99.7 Å². The molecule has 4 aromatic rings. The number of Topliss-reactive ketones (excluding diaryl/α,β-unsaturated/α-hetero) is 1. The number of aryl methyl sites for hydroxylation is 1. The largest absolute Gasteiger partial charge is 0.488 e. The normalized spacial score (nSPS) is 20.1. The first-order valence-corrected chi connectivity index (χ1v) is 13.7. The molecule has 206 valence electrons. The van der Waals surface area contributed by atoms with E-state index >= 15 is 0 Å². The van der Waals surface area contributed by atoms with E-state index in [-0.39, 0.29) is 24.7 Å². The standard InChI is InChI=1S/C32H25ClN2O6/c1-3-35-24-12-18(5-8-27(24)40-16-28(35)36)30(37)31-32(38,23-13-21(33)6-9-26(23)41-31)20-11-19-15-39-25-7-4-17(2)10-22(25)29(19)34-14-20/h4-14,31,38H,3,15-16H2,1-2H3/t31-,32+/m0/s1. The summed E-state index contributed by atoms with van der Waals surface area (Å²) in [5.41, 5.74) is 3.08. The number of halogens is 1. The summed E-state index contributed by atoms with van der Waals surface area (Å²) in [6, 6.07) is 17.5. The quantitative estimate of drug-likeness (QED) is 0.337. The molecule has 0 radical (unpaired) electrons. The van der Waals surface area contributed by atoms with Gasteiger partial charge in [-0.05, 0) is 68.4 Å². The summed E-state index contributed by atoms with van der Waals surface area (Å²) in [5, 5.41) is 12.9. The van der Waals surface area contributed by atoms with E-state index in [2.05, 4.69) is 0 Å². The Morgan fingerprint density at radius 2 is 1.83 bits per heavy atom. The highest BCUT2D eigenvalue weighted by Gasteiger charge is 2.53. The number of ketones is 1. The van der Waals surface area contributed by atoms with Crippen molar-refractivity contribution < 1.29 is 28.9 Å². The third kappa shape index (κ3) is 3.89. The topological polar surface area (TPSA) is 98.2 Å². The average Bonchev–Trinajstić information content (AvgIpc) is 3.28. The molecule has 1 N–H and O–H groups in total. The number of fused-ring (bicyclic) bond motifs is 5. The molecule has 0 unspecified atom stereocenters. The van der Waals surface area contributed by atoms with Crippen molar-refractivity contribution in [3.63, 3.8) is 0 Å². The van der Waals surface area contributed by atoms with E-state index in [0.717, 1.165) is 28.1 Å². The van der Waals surface area contributed by atoms with Crippen LogP contribution in [0.1, 0.15) is 39.5 Å². The van der Waals surface area contributed by atoms with Gasteiger partial charge < -0.3 is 24.2 Å². The molecule has 0 saturated carbocycles. The van der Waals surface area contributed by atoms with Gasteiger partial charge in [-0.15, -0.1) is 0 Å². The van der Waals surface area contributed by atoms with Crippen molar-refractivity contribution >= 4 is 29.0 Å². The highest BCUT2D eigenvalue weighted by atomic mass is 35.5. The fraction of sp³-hybridized carbons (Fsp3) is 0.219. The molecule has 7 rings (SSSR count). The third-order valence-electron chi connectivity index (χ3n) is 7.90. The molecule has 0 spiro atoms. The number of amides is 1. The van der Waals surface area contributed by atoms with Gasteiger partial charge in [-0.2, -0.15) is 0 Å². The van der Waals surface area contributed by atoms with Crippen LogP contribution in [0.3, 0.4) is 0 Å². The van der Waals surface area contributed by atoms with Crippen LogP contribution < -0.4 is 19.1 Å². The Morgan fingerprint density at radius 3 is 2.66 bits per heavy atom. The highest BCUT2D eigenvalue weighted by molar-refractivity contribution is 6.30. The maximum Gasteiger partial charge on any atom is 0.265 e. The zero-order valence-electron chi connectivity index (χ0n) is 22.3. The number of carbonyl (C=O) groups excluding carboxylic acids is 2. The van der Waals surface area contributed by atoms with Crippen molar-refractivity contribution in [2.75, 3.05) is 18.1 Å². The molecule has 1 amide bonds. The minimum absolute atomic E-state index is 0.0607. The van der Waals surface area contributed by atoms with Gasteiger partial charge in [-0.3, -0.25) is 14.6 Å². The van der Waals surface area contributed by atoms with Crippen LogP contribution in [0.4, 0.5) is 5.69 Å². The van der Waals surface area contributed by atoms with E-state index in [4.69, 9.17) is 30.8 Å². The summed E-state index contributed by atoms with van der Waals surface area (Å²) in [5.74, 6) is 0.936. The number of ether oxygens (including phenoxy) is 3. The van der Waals surface area contributed by atoms with Crippen molar-refractivity contribution in [2.45, 2.75) is 32.2 Å². The van der Waals surface area contributed by atoms with Gasteiger partial charge >= 0.3 is 0 Å². The van der Waals surface area contributed by atoms with E-state index in [9.17, 15) is 14.7 Å². The Hall–Kier alpha value is -4.40. The van der Waals surface area contributed by atoms with Crippen LogP contribution in [0, 0.1) is 6.92 Å². The summed E-state index contributed by atoms with van der Waals surface area (Å²) < 4.78 is 17.7. The second-order valence-corrected chi connectivity index (χ2v) is 10.8. The first-order valence-electron chi connectivity index (χ1n) is 13.3. The van der Waals surface area contributed by atoms with Crippen LogP contribution in [0.15, 0.2) is 66.9 Å². The minimum atomic E-state index is -1.90. The van der Waals surface area contributed by atoms with Crippen LogP contribution in [0.25, 0.3) is 11.3 Å². The smallest absolute Gasteiger partial charge is 0.265 e. The van der Waals surface area contributed by atoms with Gasteiger partial charge in [0.15, 0.2) is 18.3 Å². The molecule has 0 aliphatic carbocycles. The Bertz CT molecular complexity index is 1770. The Balaban J connectivity index is 1.34. The molecule has 9 heteroatoms. The predicted molar refractivity (Wildman–Crippen MR) is 152 cm³/mol. The van der Waals surface area contributed by atoms with Gasteiger partial charge in [0.05, 0.1) is 11.4 Å². The number of benzene rings is 3. The fourth-order valence-corrected chi connectivity index (χ4v) is 6.01. The minimum Gasteiger partial charge on any atom is -0.488 e. The van der Waals surface area contributed by atoms with Gasteiger partial charge in [0.2, 0.25) is 5.78 Å². The lowest BCUT2D eigenvalue weighted by Crippen LogP contribution is -2.45. The maximum atomic E-state index is 14.1. The van der Waals surface area contributed by atoms with Crippen LogP contribution in [-0.4, -0.2) is 41.0 Å². The Labute approximate surface area is 241 Å². The molecule has 3 aromatic carbocycles. The van der Waals surface area contributed by atoms with Gasteiger partial charge in [-0.25, -0.2) is 0 Å². The number of aromatic nitrogens is 1. The van der Waals surface area contributed by atoms with Crippen molar-refractivity contribution in [1.29, 1.82) is 0 Å². The monoisotopic (exact) mass is 568 g/mol. The lowest BCUT2D eigenvalue weighted by atomic mass is 9.80. The zero-order valence-corrected chi connectivity index (χ0v) is 23.1. The third-order valence-corrected chi connectivity index (χ3v) is 8.13. The lowest BCUT2D eigenvalue weighted by molar-refractivity contribution is -0.121. The number of anilines is 1. The maximum absolute atomic E-state index is 14.1. The van der Waals surface area contributed by atoms with Gasteiger partial charge in [0, 0.05) is 45.6 Å². The molecule has 0 bridgehead atoms.